The maximum atomic E-state index is 11.3. The fourth-order valence-corrected chi connectivity index (χ4v) is 2.67. The third-order valence-electron chi connectivity index (χ3n) is 3.75. The molecule has 0 spiro atoms. The van der Waals surface area contributed by atoms with E-state index in [4.69, 9.17) is 0 Å². The summed E-state index contributed by atoms with van der Waals surface area (Å²) in [7, 11) is 1.69. The Bertz CT molecular complexity index is 660. The van der Waals surface area contributed by atoms with Crippen molar-refractivity contribution in [2.24, 2.45) is 7.05 Å². The second kappa shape index (κ2) is 5.20. The summed E-state index contributed by atoms with van der Waals surface area (Å²) in [6.45, 7) is 4.86. The highest BCUT2D eigenvalue weighted by Gasteiger charge is 2.24. The van der Waals surface area contributed by atoms with Crippen LogP contribution in [0.25, 0.3) is 0 Å². The highest BCUT2D eigenvalue weighted by Crippen LogP contribution is 2.22. The first-order valence-electron chi connectivity index (χ1n) is 6.88. The Labute approximate surface area is 117 Å². The SMILES string of the molecule is Cc1cnn(C2CCN(Cc3ccc(=O)n(C)n3)C2)c1. The van der Waals surface area contributed by atoms with Gasteiger partial charge in [-0.2, -0.15) is 10.2 Å². The molecule has 0 saturated carbocycles. The minimum Gasteiger partial charge on any atom is -0.295 e. The molecule has 0 aromatic carbocycles. The molecular formula is C14H19N5O. The van der Waals surface area contributed by atoms with E-state index in [0.717, 1.165) is 31.7 Å². The second-order valence-electron chi connectivity index (χ2n) is 5.46. The van der Waals surface area contributed by atoms with Crippen LogP contribution in [0.15, 0.2) is 29.3 Å². The number of hydrogen-bond acceptors (Lipinski definition) is 4. The van der Waals surface area contributed by atoms with Gasteiger partial charge in [-0.3, -0.25) is 14.4 Å². The van der Waals surface area contributed by atoms with Gasteiger partial charge >= 0.3 is 0 Å². The molecule has 3 rings (SSSR count). The Balaban J connectivity index is 1.65. The van der Waals surface area contributed by atoms with Crippen LogP contribution in [0.2, 0.25) is 0 Å². The average molecular weight is 273 g/mol. The monoisotopic (exact) mass is 273 g/mol. The number of nitrogens with zero attached hydrogens (tertiary/aromatic N) is 5. The zero-order chi connectivity index (χ0) is 14.1. The van der Waals surface area contributed by atoms with Crippen LogP contribution in [0.1, 0.15) is 23.7 Å². The predicted molar refractivity (Wildman–Crippen MR) is 75.4 cm³/mol. The van der Waals surface area contributed by atoms with Crippen LogP contribution in [0.4, 0.5) is 0 Å². The highest BCUT2D eigenvalue weighted by atomic mass is 16.1. The first-order valence-corrected chi connectivity index (χ1v) is 6.88. The summed E-state index contributed by atoms with van der Waals surface area (Å²) in [5, 5.41) is 8.67. The Morgan fingerprint density at radius 2 is 2.25 bits per heavy atom. The smallest absolute Gasteiger partial charge is 0.266 e. The van der Waals surface area contributed by atoms with E-state index < -0.39 is 0 Å². The fraction of sp³-hybridized carbons (Fsp3) is 0.500. The maximum Gasteiger partial charge on any atom is 0.266 e. The summed E-state index contributed by atoms with van der Waals surface area (Å²) in [5.74, 6) is 0. The summed E-state index contributed by atoms with van der Waals surface area (Å²) < 4.78 is 3.45. The fourth-order valence-electron chi connectivity index (χ4n) is 2.67. The molecule has 1 aliphatic rings. The molecule has 0 radical (unpaired) electrons. The average Bonchev–Trinajstić information content (AvgIpc) is 3.03. The van der Waals surface area contributed by atoms with E-state index in [0.29, 0.717) is 6.04 Å². The van der Waals surface area contributed by atoms with Crippen LogP contribution >= 0.6 is 0 Å². The maximum absolute atomic E-state index is 11.3. The van der Waals surface area contributed by atoms with E-state index in [1.165, 1.54) is 10.2 Å². The van der Waals surface area contributed by atoms with Gasteiger partial charge in [0.1, 0.15) is 0 Å². The van der Waals surface area contributed by atoms with Gasteiger partial charge in [0.05, 0.1) is 17.9 Å². The van der Waals surface area contributed by atoms with Gasteiger partial charge in [0, 0.05) is 38.9 Å². The van der Waals surface area contributed by atoms with Crippen LogP contribution in [-0.4, -0.2) is 37.6 Å². The third-order valence-corrected chi connectivity index (χ3v) is 3.75. The molecule has 106 valence electrons. The van der Waals surface area contributed by atoms with E-state index >= 15 is 0 Å². The third kappa shape index (κ3) is 2.65. The first kappa shape index (κ1) is 13.1. The molecule has 1 unspecified atom stereocenters. The van der Waals surface area contributed by atoms with Crippen molar-refractivity contribution in [3.05, 3.63) is 46.1 Å². The van der Waals surface area contributed by atoms with Gasteiger partial charge in [0.2, 0.25) is 0 Å². The number of hydrogen-bond donors (Lipinski definition) is 0. The van der Waals surface area contributed by atoms with Gasteiger partial charge in [0.15, 0.2) is 0 Å². The van der Waals surface area contributed by atoms with E-state index in [9.17, 15) is 4.79 Å². The van der Waals surface area contributed by atoms with Gasteiger partial charge in [-0.15, -0.1) is 0 Å². The number of aryl methyl sites for hydroxylation is 2. The number of aromatic nitrogens is 4. The minimum absolute atomic E-state index is 0.0694. The molecule has 1 saturated heterocycles. The van der Waals surface area contributed by atoms with E-state index in [-0.39, 0.29) is 5.56 Å². The van der Waals surface area contributed by atoms with Gasteiger partial charge in [-0.25, -0.2) is 4.68 Å². The molecule has 0 N–H and O–H groups in total. The molecular weight excluding hydrogens is 254 g/mol. The zero-order valence-corrected chi connectivity index (χ0v) is 11.9. The molecule has 1 aliphatic heterocycles. The lowest BCUT2D eigenvalue weighted by molar-refractivity contribution is 0.305. The second-order valence-corrected chi connectivity index (χ2v) is 5.46. The summed E-state index contributed by atoms with van der Waals surface area (Å²) >= 11 is 0. The van der Waals surface area contributed by atoms with Gasteiger partial charge < -0.3 is 0 Å². The molecule has 0 bridgehead atoms. The van der Waals surface area contributed by atoms with Crippen LogP contribution in [0, 0.1) is 6.92 Å². The van der Waals surface area contributed by atoms with Crippen molar-refractivity contribution >= 4 is 0 Å². The lowest BCUT2D eigenvalue weighted by Gasteiger charge is -2.15. The summed E-state index contributed by atoms with van der Waals surface area (Å²) in [5.41, 5.74) is 2.06. The molecule has 1 fully saturated rings. The lowest BCUT2D eigenvalue weighted by atomic mass is 10.3. The normalized spacial score (nSPS) is 19.6. The Morgan fingerprint density at radius 1 is 1.40 bits per heavy atom. The Morgan fingerprint density at radius 3 is 2.95 bits per heavy atom. The molecule has 1 atom stereocenters. The summed E-state index contributed by atoms with van der Waals surface area (Å²) in [6.07, 6.45) is 5.10. The van der Waals surface area contributed by atoms with E-state index in [1.54, 1.807) is 13.1 Å². The highest BCUT2D eigenvalue weighted by molar-refractivity contribution is 5.03. The Kier molecular flexibility index (Phi) is 3.40. The number of likely N-dealkylation sites (tertiary alicyclic amines) is 1. The van der Waals surface area contributed by atoms with Crippen molar-refractivity contribution in [3.63, 3.8) is 0 Å². The Hall–Kier alpha value is -1.95. The quantitative estimate of drug-likeness (QED) is 0.827. The van der Waals surface area contributed by atoms with Crippen molar-refractivity contribution < 1.29 is 0 Å². The van der Waals surface area contributed by atoms with Crippen molar-refractivity contribution in [1.29, 1.82) is 0 Å². The molecule has 0 amide bonds. The standard InChI is InChI=1S/C14H19N5O/c1-11-7-15-19(8-11)13-5-6-18(10-13)9-12-3-4-14(20)17(2)16-12/h3-4,7-8,13H,5-6,9-10H2,1-2H3. The first-order chi connectivity index (χ1) is 9.61. The van der Waals surface area contributed by atoms with Gasteiger partial charge in [-0.1, -0.05) is 0 Å². The van der Waals surface area contributed by atoms with Crippen molar-refractivity contribution in [2.45, 2.75) is 25.9 Å². The molecule has 20 heavy (non-hydrogen) atoms. The van der Waals surface area contributed by atoms with Crippen LogP contribution in [0.3, 0.4) is 0 Å². The molecule has 3 heterocycles. The number of rotatable bonds is 3. The van der Waals surface area contributed by atoms with Gasteiger partial charge in [-0.05, 0) is 25.0 Å². The van der Waals surface area contributed by atoms with Crippen molar-refractivity contribution in [2.75, 3.05) is 13.1 Å². The van der Waals surface area contributed by atoms with Crippen LogP contribution in [0.5, 0.6) is 0 Å². The lowest BCUT2D eigenvalue weighted by Crippen LogP contribution is -2.25. The van der Waals surface area contributed by atoms with Crippen molar-refractivity contribution in [3.8, 4) is 0 Å². The van der Waals surface area contributed by atoms with Gasteiger partial charge in [0.25, 0.3) is 5.56 Å². The topological polar surface area (TPSA) is 56.0 Å². The molecule has 6 nitrogen and oxygen atoms in total. The largest absolute Gasteiger partial charge is 0.295 e. The molecule has 6 heteroatoms. The summed E-state index contributed by atoms with van der Waals surface area (Å²) in [4.78, 5) is 13.7. The zero-order valence-electron chi connectivity index (χ0n) is 11.9. The molecule has 2 aromatic heterocycles. The summed E-state index contributed by atoms with van der Waals surface area (Å²) in [6, 6.07) is 3.83. The predicted octanol–water partition coefficient (Wildman–Crippen LogP) is 0.732. The van der Waals surface area contributed by atoms with E-state index in [2.05, 4.69) is 32.9 Å². The van der Waals surface area contributed by atoms with Crippen LogP contribution < -0.4 is 5.56 Å². The van der Waals surface area contributed by atoms with E-state index in [1.807, 2.05) is 12.3 Å². The minimum atomic E-state index is -0.0694. The molecule has 0 aliphatic carbocycles. The van der Waals surface area contributed by atoms with Crippen LogP contribution in [-0.2, 0) is 13.6 Å². The van der Waals surface area contributed by atoms with Crippen molar-refractivity contribution in [1.82, 2.24) is 24.5 Å². The molecule has 2 aromatic rings.